The Hall–Kier alpha value is -8.08. The number of benzene rings is 9. The highest BCUT2D eigenvalue weighted by Gasteiger charge is 2.47. The average molecular weight is 931 g/mol. The number of para-hydroxylation sites is 1. The predicted molar refractivity (Wildman–Crippen MR) is 294 cm³/mol. The van der Waals surface area contributed by atoms with Crippen LogP contribution in [0.1, 0.15) is 0 Å². The summed E-state index contributed by atoms with van der Waals surface area (Å²) in [5.74, 6) is 0.899. The summed E-state index contributed by atoms with van der Waals surface area (Å²) in [6.07, 6.45) is 5.94. The number of pyridine rings is 2. The van der Waals surface area contributed by atoms with Crippen molar-refractivity contribution in [3.63, 3.8) is 0 Å². The van der Waals surface area contributed by atoms with Crippen LogP contribution in [0, 0.1) is 0 Å². The lowest BCUT2D eigenvalue weighted by Crippen LogP contribution is -2.76. The smallest absolute Gasteiger partial charge is 0.181 e. The predicted octanol–water partition coefficient (Wildman–Crippen LogP) is 9.35. The first-order valence-electron chi connectivity index (χ1n) is 23.5. The fraction of sp³-hybridized carbons (Fsp3) is 0. The number of imidazole rings is 1. The topological polar surface area (TPSA) is 35.1 Å². The third kappa shape index (κ3) is 5.82. The molecule has 0 bridgehead atoms. The number of nitrogens with zero attached hydrogens (tertiary/aromatic N) is 4. The second-order valence-corrected chi connectivity index (χ2v) is 26.7. The lowest BCUT2D eigenvalue weighted by atomic mass is 10.1. The number of aromatic nitrogens is 4. The Balaban J connectivity index is 1.10. The Morgan fingerprint density at radius 2 is 0.971 bits per heavy atom. The van der Waals surface area contributed by atoms with Gasteiger partial charge < -0.3 is 0 Å². The molecule has 4 aromatic heterocycles. The number of hydrogen-bond donors (Lipinski definition) is 0. The van der Waals surface area contributed by atoms with Crippen LogP contribution in [-0.4, -0.2) is 35.1 Å². The van der Waals surface area contributed by atoms with Gasteiger partial charge in [-0.05, 0) is 83.3 Å². The molecule has 0 fully saturated rings. The molecule has 0 N–H and O–H groups in total. The maximum atomic E-state index is 5.11. The molecule has 14 rings (SSSR count). The summed E-state index contributed by atoms with van der Waals surface area (Å²) in [7, 11) is -5.91. The van der Waals surface area contributed by atoms with Crippen LogP contribution in [0.3, 0.4) is 0 Å². The van der Waals surface area contributed by atoms with Crippen molar-refractivity contribution in [2.24, 2.45) is 0 Å². The minimum Gasteiger partial charge on any atom is -0.299 e. The molecule has 1 aliphatic rings. The summed E-state index contributed by atoms with van der Waals surface area (Å²) in [5.41, 5.74) is 4.42. The van der Waals surface area contributed by atoms with E-state index in [1.54, 1.807) is 0 Å². The fourth-order valence-corrected chi connectivity index (χ4v) is 23.6. The van der Waals surface area contributed by atoms with Gasteiger partial charge in [-0.25, -0.2) is 9.97 Å². The zero-order chi connectivity index (χ0) is 45.5. The SMILES string of the molecule is c1ccc([Si](c2ccccc2)(c2ccc3c4ccccc4n4ccnc4c3c2)c2ccc3c4cc5c(cc4n(-c4ccccn4)c3c2)Sc2ccccc2[Si]5(c2ccccc2)c2ccccc2)cc1. The van der Waals surface area contributed by atoms with Gasteiger partial charge in [0, 0.05) is 49.9 Å². The van der Waals surface area contributed by atoms with Gasteiger partial charge >= 0.3 is 0 Å². The van der Waals surface area contributed by atoms with Gasteiger partial charge in [-0.15, -0.1) is 0 Å². The first-order chi connectivity index (χ1) is 34.2. The highest BCUT2D eigenvalue weighted by atomic mass is 32.2. The molecule has 0 atom stereocenters. The quantitative estimate of drug-likeness (QED) is 0.0909. The van der Waals surface area contributed by atoms with Gasteiger partial charge in [-0.1, -0.05) is 212 Å². The minimum absolute atomic E-state index is 0.899. The Morgan fingerprint density at radius 3 is 1.68 bits per heavy atom. The van der Waals surface area contributed by atoms with Crippen LogP contribution in [0.25, 0.3) is 54.9 Å². The number of fused-ring (bicyclic) bond motifs is 11. The van der Waals surface area contributed by atoms with Crippen LogP contribution >= 0.6 is 11.8 Å². The van der Waals surface area contributed by atoms with E-state index in [-0.39, 0.29) is 0 Å². The Labute approximate surface area is 405 Å². The number of hydrogen-bond acceptors (Lipinski definition) is 3. The van der Waals surface area contributed by atoms with Crippen molar-refractivity contribution in [2.75, 3.05) is 0 Å². The highest BCUT2D eigenvalue weighted by molar-refractivity contribution is 8.00. The second-order valence-electron chi connectivity index (χ2n) is 18.1. The lowest BCUT2D eigenvalue weighted by molar-refractivity contribution is 1.08. The summed E-state index contributed by atoms with van der Waals surface area (Å²) in [4.78, 5) is 12.7. The third-order valence-corrected chi connectivity index (χ3v) is 25.8. The van der Waals surface area contributed by atoms with Crippen LogP contribution in [0.2, 0.25) is 0 Å². The van der Waals surface area contributed by atoms with Crippen molar-refractivity contribution < 1.29 is 0 Å². The van der Waals surface area contributed by atoms with E-state index < -0.39 is 16.1 Å². The van der Waals surface area contributed by atoms with Gasteiger partial charge in [0.15, 0.2) is 16.1 Å². The second kappa shape index (κ2) is 15.8. The first-order valence-corrected chi connectivity index (χ1v) is 28.4. The monoisotopic (exact) mass is 930 g/mol. The normalized spacial score (nSPS) is 13.3. The van der Waals surface area contributed by atoms with E-state index in [4.69, 9.17) is 9.97 Å². The van der Waals surface area contributed by atoms with Crippen molar-refractivity contribution in [1.82, 2.24) is 18.9 Å². The zero-order valence-electron chi connectivity index (χ0n) is 37.4. The van der Waals surface area contributed by atoms with Gasteiger partial charge in [0.05, 0.1) is 16.6 Å². The molecule has 4 nitrogen and oxygen atoms in total. The van der Waals surface area contributed by atoms with Crippen molar-refractivity contribution in [3.05, 3.63) is 255 Å². The van der Waals surface area contributed by atoms with Crippen molar-refractivity contribution >= 4 is 119 Å². The maximum absolute atomic E-state index is 5.11. The standard InChI is InChI=1S/C62H42N4SSi2/c1-5-19-43(20-6-1)68(44-21-7-2-8-22-44,47-32-34-49-50-27-13-14-28-54(50)65-38-37-64-62(65)53(49)39-47)48-33-35-51-52-41-60-58(42-56(52)66(55(51)40-48)61-31-17-18-36-63-61)67-57-29-15-16-30-59(57)69(60,45-23-9-3-10-24-45)46-25-11-4-12-26-46/h1-42H. The van der Waals surface area contributed by atoms with Gasteiger partial charge in [0.2, 0.25) is 0 Å². The fourth-order valence-electron chi connectivity index (χ4n) is 11.9. The largest absolute Gasteiger partial charge is 0.299 e. The molecular formula is C62H42N4SSi2. The zero-order valence-corrected chi connectivity index (χ0v) is 40.3. The van der Waals surface area contributed by atoms with Crippen LogP contribution in [-0.2, 0) is 0 Å². The lowest BCUT2D eigenvalue weighted by Gasteiger charge is -2.40. The molecule has 0 saturated heterocycles. The molecule has 0 spiro atoms. The summed E-state index contributed by atoms with van der Waals surface area (Å²) < 4.78 is 4.68. The molecule has 1 aliphatic heterocycles. The summed E-state index contributed by atoms with van der Waals surface area (Å²) in [5, 5.41) is 16.9. The Morgan fingerprint density at radius 1 is 0.377 bits per heavy atom. The molecular weight excluding hydrogens is 889 g/mol. The first kappa shape index (κ1) is 40.0. The minimum atomic E-state index is -3.09. The van der Waals surface area contributed by atoms with Crippen LogP contribution in [0.15, 0.2) is 265 Å². The van der Waals surface area contributed by atoms with Crippen molar-refractivity contribution in [3.8, 4) is 5.82 Å². The molecule has 5 heterocycles. The molecule has 0 aliphatic carbocycles. The van der Waals surface area contributed by atoms with Crippen LogP contribution in [0.5, 0.6) is 0 Å². The Kier molecular flexibility index (Phi) is 9.14. The highest BCUT2D eigenvalue weighted by Crippen LogP contribution is 2.39. The van der Waals surface area contributed by atoms with Crippen LogP contribution in [0.4, 0.5) is 0 Å². The molecule has 7 heteroatoms. The summed E-state index contributed by atoms with van der Waals surface area (Å²) >= 11 is 1.91. The average Bonchev–Trinajstić information content (AvgIpc) is 4.05. The summed E-state index contributed by atoms with van der Waals surface area (Å²) in [6.45, 7) is 0. The number of rotatable bonds is 7. The molecule has 0 amide bonds. The van der Waals surface area contributed by atoms with Gasteiger partial charge in [0.25, 0.3) is 0 Å². The molecule has 324 valence electrons. The molecule has 9 aromatic carbocycles. The van der Waals surface area contributed by atoms with E-state index in [1.807, 2.05) is 30.2 Å². The Bertz CT molecular complexity index is 4020. The summed E-state index contributed by atoms with van der Waals surface area (Å²) in [6, 6.07) is 89.0. The molecule has 0 saturated carbocycles. The van der Waals surface area contributed by atoms with Crippen molar-refractivity contribution in [2.45, 2.75) is 9.79 Å². The van der Waals surface area contributed by atoms with E-state index in [0.29, 0.717) is 0 Å². The van der Waals surface area contributed by atoms with Gasteiger partial charge in [-0.2, -0.15) is 0 Å². The van der Waals surface area contributed by atoms with Gasteiger partial charge in [-0.3, -0.25) is 8.97 Å². The maximum Gasteiger partial charge on any atom is 0.181 e. The molecule has 0 unspecified atom stereocenters. The van der Waals surface area contributed by atoms with E-state index in [0.717, 1.165) is 33.4 Å². The van der Waals surface area contributed by atoms with E-state index in [2.05, 4.69) is 246 Å². The van der Waals surface area contributed by atoms with E-state index in [9.17, 15) is 0 Å². The molecule has 69 heavy (non-hydrogen) atoms. The molecule has 13 aromatic rings. The van der Waals surface area contributed by atoms with E-state index >= 15 is 0 Å². The van der Waals surface area contributed by atoms with Crippen molar-refractivity contribution in [1.29, 1.82) is 0 Å². The molecule has 0 radical (unpaired) electrons. The third-order valence-electron chi connectivity index (χ3n) is 14.7. The van der Waals surface area contributed by atoms with Crippen LogP contribution < -0.4 is 41.5 Å². The van der Waals surface area contributed by atoms with E-state index in [1.165, 1.54) is 72.8 Å². The van der Waals surface area contributed by atoms with Gasteiger partial charge in [0.1, 0.15) is 11.5 Å².